The van der Waals surface area contributed by atoms with E-state index in [4.69, 9.17) is 0 Å². The minimum atomic E-state index is 0.550. The van der Waals surface area contributed by atoms with Crippen LogP contribution in [0.1, 0.15) is 49.4 Å². The zero-order valence-corrected chi connectivity index (χ0v) is 13.6. The van der Waals surface area contributed by atoms with Crippen LogP contribution in [0.15, 0.2) is 18.2 Å². The Morgan fingerprint density at radius 3 is 2.50 bits per heavy atom. The van der Waals surface area contributed by atoms with Crippen LogP contribution in [0.3, 0.4) is 0 Å². The highest BCUT2D eigenvalue weighted by molar-refractivity contribution is 5.31. The number of hydrogen-bond acceptors (Lipinski definition) is 2. The average molecular weight is 274 g/mol. The highest BCUT2D eigenvalue weighted by Gasteiger charge is 2.23. The van der Waals surface area contributed by atoms with Gasteiger partial charge in [0.1, 0.15) is 0 Å². The second-order valence-electron chi connectivity index (χ2n) is 6.31. The van der Waals surface area contributed by atoms with E-state index in [1.165, 1.54) is 49.2 Å². The second kappa shape index (κ2) is 7.24. The van der Waals surface area contributed by atoms with Crippen molar-refractivity contribution >= 4 is 0 Å². The van der Waals surface area contributed by atoms with Crippen LogP contribution in [-0.2, 0) is 0 Å². The van der Waals surface area contributed by atoms with E-state index >= 15 is 0 Å². The number of aryl methyl sites for hydroxylation is 2. The number of hydrogen-bond donors (Lipinski definition) is 1. The first-order valence-electron chi connectivity index (χ1n) is 8.13. The van der Waals surface area contributed by atoms with Crippen molar-refractivity contribution in [2.75, 3.05) is 26.2 Å². The number of nitrogens with zero attached hydrogens (tertiary/aromatic N) is 1. The first-order valence-corrected chi connectivity index (χ1v) is 8.13. The molecule has 1 aliphatic heterocycles. The molecule has 0 spiro atoms. The van der Waals surface area contributed by atoms with Crippen molar-refractivity contribution in [3.8, 4) is 0 Å². The SMILES string of the molecule is CCNCC1CCN(C(C)c2ccc(C)c(C)c2)CC1. The van der Waals surface area contributed by atoms with Gasteiger partial charge in [-0.25, -0.2) is 0 Å². The van der Waals surface area contributed by atoms with Gasteiger partial charge in [-0.1, -0.05) is 25.1 Å². The molecule has 1 N–H and O–H groups in total. The molecule has 1 aromatic carbocycles. The normalized spacial score (nSPS) is 19.2. The maximum absolute atomic E-state index is 3.49. The quantitative estimate of drug-likeness (QED) is 0.881. The summed E-state index contributed by atoms with van der Waals surface area (Å²) in [5.41, 5.74) is 4.28. The Kier molecular flexibility index (Phi) is 5.62. The summed E-state index contributed by atoms with van der Waals surface area (Å²) < 4.78 is 0. The summed E-state index contributed by atoms with van der Waals surface area (Å²) in [6.45, 7) is 13.7. The minimum absolute atomic E-state index is 0.550. The summed E-state index contributed by atoms with van der Waals surface area (Å²) in [5.74, 6) is 0.873. The van der Waals surface area contributed by atoms with Crippen molar-refractivity contribution in [2.45, 2.75) is 46.6 Å². The molecule has 112 valence electrons. The smallest absolute Gasteiger partial charge is 0.0319 e. The van der Waals surface area contributed by atoms with Gasteiger partial charge in [-0.2, -0.15) is 0 Å². The molecule has 0 aliphatic carbocycles. The number of benzene rings is 1. The lowest BCUT2D eigenvalue weighted by molar-refractivity contribution is 0.140. The first-order chi connectivity index (χ1) is 9.61. The molecule has 0 amide bonds. The van der Waals surface area contributed by atoms with Crippen LogP contribution in [0.5, 0.6) is 0 Å². The fraction of sp³-hybridized carbons (Fsp3) is 0.667. The molecular weight excluding hydrogens is 244 g/mol. The average Bonchev–Trinajstić information content (AvgIpc) is 2.48. The molecule has 0 bridgehead atoms. The number of nitrogens with one attached hydrogen (secondary N) is 1. The molecule has 1 unspecified atom stereocenters. The Morgan fingerprint density at radius 2 is 1.90 bits per heavy atom. The molecule has 1 aromatic rings. The zero-order valence-electron chi connectivity index (χ0n) is 13.6. The number of piperidine rings is 1. The second-order valence-corrected chi connectivity index (χ2v) is 6.31. The van der Waals surface area contributed by atoms with Crippen LogP contribution >= 0.6 is 0 Å². The van der Waals surface area contributed by atoms with Crippen molar-refractivity contribution in [2.24, 2.45) is 5.92 Å². The summed E-state index contributed by atoms with van der Waals surface area (Å²) in [6, 6.07) is 7.48. The Balaban J connectivity index is 1.91. The van der Waals surface area contributed by atoms with Gasteiger partial charge < -0.3 is 5.32 Å². The highest BCUT2D eigenvalue weighted by atomic mass is 15.2. The topological polar surface area (TPSA) is 15.3 Å². The maximum atomic E-state index is 3.49. The summed E-state index contributed by atoms with van der Waals surface area (Å²) in [5, 5.41) is 3.49. The lowest BCUT2D eigenvalue weighted by Gasteiger charge is -2.36. The van der Waals surface area contributed by atoms with Crippen LogP contribution < -0.4 is 5.32 Å². The largest absolute Gasteiger partial charge is 0.317 e. The molecule has 1 aliphatic rings. The van der Waals surface area contributed by atoms with E-state index in [0.717, 1.165) is 12.5 Å². The third kappa shape index (κ3) is 3.83. The van der Waals surface area contributed by atoms with E-state index in [1.54, 1.807) is 0 Å². The van der Waals surface area contributed by atoms with E-state index in [-0.39, 0.29) is 0 Å². The lowest BCUT2D eigenvalue weighted by atomic mass is 9.94. The van der Waals surface area contributed by atoms with Crippen LogP contribution in [0.25, 0.3) is 0 Å². The number of rotatable bonds is 5. The zero-order chi connectivity index (χ0) is 14.5. The third-order valence-electron chi connectivity index (χ3n) is 4.89. The van der Waals surface area contributed by atoms with Gasteiger partial charge in [0, 0.05) is 6.04 Å². The van der Waals surface area contributed by atoms with Crippen LogP contribution in [0.2, 0.25) is 0 Å². The summed E-state index contributed by atoms with van der Waals surface area (Å²) >= 11 is 0. The first kappa shape index (κ1) is 15.5. The van der Waals surface area contributed by atoms with Gasteiger partial charge in [-0.3, -0.25) is 4.90 Å². The molecule has 0 saturated carbocycles. The van der Waals surface area contributed by atoms with Gasteiger partial charge in [-0.15, -0.1) is 0 Å². The molecule has 1 heterocycles. The van der Waals surface area contributed by atoms with Crippen LogP contribution in [0.4, 0.5) is 0 Å². The predicted octanol–water partition coefficient (Wildman–Crippen LogP) is 3.69. The maximum Gasteiger partial charge on any atom is 0.0319 e. The van der Waals surface area contributed by atoms with E-state index in [9.17, 15) is 0 Å². The Hall–Kier alpha value is -0.860. The minimum Gasteiger partial charge on any atom is -0.317 e. The fourth-order valence-electron chi connectivity index (χ4n) is 3.13. The highest BCUT2D eigenvalue weighted by Crippen LogP contribution is 2.27. The van der Waals surface area contributed by atoms with Gasteiger partial charge in [0.25, 0.3) is 0 Å². The van der Waals surface area contributed by atoms with Crippen molar-refractivity contribution in [1.29, 1.82) is 0 Å². The van der Waals surface area contributed by atoms with E-state index < -0.39 is 0 Å². The van der Waals surface area contributed by atoms with Crippen LogP contribution in [0, 0.1) is 19.8 Å². The molecule has 2 nitrogen and oxygen atoms in total. The van der Waals surface area contributed by atoms with Gasteiger partial charge in [0.15, 0.2) is 0 Å². The van der Waals surface area contributed by atoms with Gasteiger partial charge in [0.2, 0.25) is 0 Å². The van der Waals surface area contributed by atoms with E-state index in [2.05, 4.69) is 56.1 Å². The molecule has 1 atom stereocenters. The Labute approximate surface area is 124 Å². The van der Waals surface area contributed by atoms with E-state index in [0.29, 0.717) is 6.04 Å². The molecule has 1 saturated heterocycles. The number of likely N-dealkylation sites (tertiary alicyclic amines) is 1. The summed E-state index contributed by atoms with van der Waals surface area (Å²) in [6.07, 6.45) is 2.67. The van der Waals surface area contributed by atoms with Crippen molar-refractivity contribution in [3.63, 3.8) is 0 Å². The van der Waals surface area contributed by atoms with E-state index in [1.807, 2.05) is 0 Å². The monoisotopic (exact) mass is 274 g/mol. The molecular formula is C18H30N2. The fourth-order valence-corrected chi connectivity index (χ4v) is 3.13. The predicted molar refractivity (Wildman–Crippen MR) is 87.2 cm³/mol. The van der Waals surface area contributed by atoms with Gasteiger partial charge in [0.05, 0.1) is 0 Å². The molecule has 2 heteroatoms. The molecule has 1 fully saturated rings. The van der Waals surface area contributed by atoms with Gasteiger partial charge >= 0.3 is 0 Å². The Bertz CT molecular complexity index is 419. The summed E-state index contributed by atoms with van der Waals surface area (Å²) in [7, 11) is 0. The van der Waals surface area contributed by atoms with Crippen molar-refractivity contribution in [1.82, 2.24) is 10.2 Å². The Morgan fingerprint density at radius 1 is 1.20 bits per heavy atom. The third-order valence-corrected chi connectivity index (χ3v) is 4.89. The standard InChI is InChI=1S/C18H30N2/c1-5-19-13-17-8-10-20(11-9-17)16(4)18-7-6-14(2)15(3)12-18/h6-7,12,16-17,19H,5,8-11,13H2,1-4H3. The molecule has 2 rings (SSSR count). The molecule has 0 radical (unpaired) electrons. The van der Waals surface area contributed by atoms with Crippen molar-refractivity contribution in [3.05, 3.63) is 34.9 Å². The van der Waals surface area contributed by atoms with Crippen LogP contribution in [-0.4, -0.2) is 31.1 Å². The summed E-state index contributed by atoms with van der Waals surface area (Å²) in [4.78, 5) is 2.65. The lowest BCUT2D eigenvalue weighted by Crippen LogP contribution is -2.38. The van der Waals surface area contributed by atoms with Crippen molar-refractivity contribution < 1.29 is 0 Å². The molecule has 0 aromatic heterocycles. The van der Waals surface area contributed by atoms with Gasteiger partial charge in [-0.05, 0) is 82.4 Å². The molecule has 20 heavy (non-hydrogen) atoms.